The van der Waals surface area contributed by atoms with Gasteiger partial charge < -0.3 is 29.1 Å². The van der Waals surface area contributed by atoms with Crippen LogP contribution in [0.3, 0.4) is 0 Å². The molecule has 2 saturated heterocycles. The molecule has 3 aliphatic rings. The van der Waals surface area contributed by atoms with Gasteiger partial charge in [0.25, 0.3) is 0 Å². The Morgan fingerprint density at radius 2 is 1.71 bits per heavy atom. The molecule has 2 heterocycles. The van der Waals surface area contributed by atoms with E-state index < -0.39 is 47.4 Å². The number of aliphatic hydroxyl groups is 1. The summed E-state index contributed by atoms with van der Waals surface area (Å²) in [6.07, 6.45) is 2.55. The van der Waals surface area contributed by atoms with Crippen LogP contribution < -0.4 is 0 Å². The van der Waals surface area contributed by atoms with E-state index in [1.54, 1.807) is 21.0 Å². The summed E-state index contributed by atoms with van der Waals surface area (Å²) in [4.78, 5) is 34.4. The van der Waals surface area contributed by atoms with E-state index in [0.717, 1.165) is 45.4 Å². The summed E-state index contributed by atoms with van der Waals surface area (Å²) in [5.74, 6) is -0.960. The number of esters is 1. The molecular formula is C35H64FN3O6. The summed E-state index contributed by atoms with van der Waals surface area (Å²) in [6, 6.07) is -0.0679. The highest BCUT2D eigenvalue weighted by Crippen LogP contribution is 2.39. The van der Waals surface area contributed by atoms with Crippen molar-refractivity contribution in [3.8, 4) is 0 Å². The van der Waals surface area contributed by atoms with Crippen LogP contribution in [0.1, 0.15) is 86.5 Å². The second kappa shape index (κ2) is 16.3. The smallest absolute Gasteiger partial charge is 0.319 e. The summed E-state index contributed by atoms with van der Waals surface area (Å²) in [7, 11) is 7.68. The number of ether oxygens (including phenoxy) is 3. The van der Waals surface area contributed by atoms with E-state index in [4.69, 9.17) is 14.2 Å². The number of likely N-dealkylation sites (tertiary alicyclic amines) is 1. The number of hydrogen-bond acceptors (Lipinski definition) is 9. The van der Waals surface area contributed by atoms with Gasteiger partial charge in [-0.05, 0) is 105 Å². The maximum Gasteiger partial charge on any atom is 0.319 e. The van der Waals surface area contributed by atoms with Gasteiger partial charge in [-0.3, -0.25) is 14.5 Å². The number of nitrogens with zero attached hydrogens (tertiary/aromatic N) is 3. The maximum atomic E-state index is 14.2. The number of Topliss-reactive ketones (excluding diaryl/α,β-unsaturated/α-hetero) is 1. The lowest BCUT2D eigenvalue weighted by molar-refractivity contribution is -0.206. The molecule has 1 saturated carbocycles. The van der Waals surface area contributed by atoms with E-state index in [1.807, 2.05) is 32.8 Å². The molecule has 9 nitrogen and oxygen atoms in total. The van der Waals surface area contributed by atoms with Crippen molar-refractivity contribution in [3.05, 3.63) is 0 Å². The minimum atomic E-state index is -1.39. The fraction of sp³-hybridized carbons (Fsp3) is 0.943. The third kappa shape index (κ3) is 9.69. The molecule has 0 bridgehead atoms. The topological polar surface area (TPSA) is 91.8 Å². The lowest BCUT2D eigenvalue weighted by Crippen LogP contribution is -2.58. The molecule has 0 unspecified atom stereocenters. The van der Waals surface area contributed by atoms with Gasteiger partial charge in [-0.2, -0.15) is 0 Å². The second-order valence-corrected chi connectivity index (χ2v) is 15.6. The summed E-state index contributed by atoms with van der Waals surface area (Å²) >= 11 is 0. The second-order valence-electron chi connectivity index (χ2n) is 15.6. The molecule has 45 heavy (non-hydrogen) atoms. The van der Waals surface area contributed by atoms with Gasteiger partial charge in [0.15, 0.2) is 5.78 Å². The van der Waals surface area contributed by atoms with Gasteiger partial charge in [-0.25, -0.2) is 4.39 Å². The van der Waals surface area contributed by atoms with E-state index in [1.165, 1.54) is 0 Å². The fourth-order valence-electron chi connectivity index (χ4n) is 8.04. The van der Waals surface area contributed by atoms with E-state index in [2.05, 4.69) is 30.7 Å². The van der Waals surface area contributed by atoms with E-state index in [-0.39, 0.29) is 30.4 Å². The summed E-state index contributed by atoms with van der Waals surface area (Å²) < 4.78 is 32.6. The Morgan fingerprint density at radius 1 is 1.07 bits per heavy atom. The third-order valence-electron chi connectivity index (χ3n) is 11.0. The van der Waals surface area contributed by atoms with E-state index in [0.29, 0.717) is 31.6 Å². The zero-order chi connectivity index (χ0) is 33.7. The normalized spacial score (nSPS) is 38.8. The predicted molar refractivity (Wildman–Crippen MR) is 175 cm³/mol. The lowest BCUT2D eigenvalue weighted by Gasteiger charge is -2.47. The molecular weight excluding hydrogens is 577 g/mol. The van der Waals surface area contributed by atoms with Gasteiger partial charge >= 0.3 is 5.97 Å². The number of carbonyl (C=O) groups is 2. The third-order valence-corrected chi connectivity index (χ3v) is 11.0. The zero-order valence-corrected chi connectivity index (χ0v) is 29.9. The molecule has 0 amide bonds. The quantitative estimate of drug-likeness (QED) is 0.310. The number of methoxy groups -OCH3 is 1. The maximum absolute atomic E-state index is 14.2. The molecule has 0 aromatic carbocycles. The van der Waals surface area contributed by atoms with E-state index in [9.17, 15) is 19.1 Å². The van der Waals surface area contributed by atoms with Crippen LogP contribution in [0.15, 0.2) is 0 Å². The Bertz CT molecular complexity index is 960. The van der Waals surface area contributed by atoms with Crippen LogP contribution in [0.4, 0.5) is 4.39 Å². The first kappa shape index (κ1) is 38.3. The van der Waals surface area contributed by atoms with Gasteiger partial charge in [0.1, 0.15) is 18.2 Å². The molecule has 0 spiro atoms. The highest BCUT2D eigenvalue weighted by molar-refractivity contribution is 6.04. The van der Waals surface area contributed by atoms with Crippen LogP contribution in [0.25, 0.3) is 0 Å². The molecule has 1 N–H and O–H groups in total. The first-order valence-corrected chi connectivity index (χ1v) is 17.3. The molecule has 262 valence electrons. The number of alkyl halides is 1. The lowest BCUT2D eigenvalue weighted by atomic mass is 9.73. The van der Waals surface area contributed by atoms with E-state index >= 15 is 0 Å². The Labute approximate surface area is 272 Å². The minimum Gasteiger partial charge on any atom is -0.463 e. The van der Waals surface area contributed by atoms with Crippen molar-refractivity contribution < 1.29 is 33.3 Å². The monoisotopic (exact) mass is 641 g/mol. The summed E-state index contributed by atoms with van der Waals surface area (Å²) in [5.41, 5.74) is -2.24. The van der Waals surface area contributed by atoms with Gasteiger partial charge in [0.2, 0.25) is 0 Å². The molecule has 0 aromatic heterocycles. The van der Waals surface area contributed by atoms with Crippen molar-refractivity contribution in [1.82, 2.24) is 14.7 Å². The van der Waals surface area contributed by atoms with Gasteiger partial charge in [-0.15, -0.1) is 0 Å². The van der Waals surface area contributed by atoms with Gasteiger partial charge in [0.05, 0.1) is 23.9 Å². The first-order valence-electron chi connectivity index (χ1n) is 17.3. The highest BCUT2D eigenvalue weighted by Gasteiger charge is 2.51. The molecule has 0 aromatic rings. The number of hydrogen-bond donors (Lipinski definition) is 1. The predicted octanol–water partition coefficient (Wildman–Crippen LogP) is 4.20. The van der Waals surface area contributed by atoms with Crippen LogP contribution in [0.5, 0.6) is 0 Å². The number of rotatable bonds is 8. The number of carbonyl (C=O) groups excluding carboxylic acids is 2. The Hall–Kier alpha value is -1.17. The molecule has 3 fully saturated rings. The average molecular weight is 642 g/mol. The van der Waals surface area contributed by atoms with Gasteiger partial charge in [0, 0.05) is 44.7 Å². The van der Waals surface area contributed by atoms with Crippen LogP contribution in [0, 0.1) is 23.2 Å². The van der Waals surface area contributed by atoms with Crippen molar-refractivity contribution >= 4 is 11.8 Å². The molecule has 1 aliphatic carbocycles. The van der Waals surface area contributed by atoms with Crippen LogP contribution in [-0.4, -0.2) is 135 Å². The number of ketones is 1. The fourth-order valence-corrected chi connectivity index (χ4v) is 8.04. The summed E-state index contributed by atoms with van der Waals surface area (Å²) in [5, 5.41) is 11.4. The van der Waals surface area contributed by atoms with Crippen molar-refractivity contribution in [2.75, 3.05) is 61.0 Å². The van der Waals surface area contributed by atoms with Crippen LogP contribution in [-0.2, 0) is 23.8 Å². The summed E-state index contributed by atoms with van der Waals surface area (Å²) in [6.45, 7) is 14.9. The SMILES string of the molecule is CO[C@]1(C)C[C@@H](C)CN(C)[C@H](CCCN2CCC(F)CC2)COC(=O)C(C)(C)C(=O)[C@H](C)[C@H]1O[C@@H]1C[C@H](C)C[C@H](N(C)C)[C@H]1O. The molecule has 3 rings (SSSR count). The van der Waals surface area contributed by atoms with Crippen molar-refractivity contribution in [3.63, 3.8) is 0 Å². The standard InChI is InChI=1S/C35H64FN3O6/c1-23-18-28(37(7)8)30(40)29(19-23)45-32-25(3)31(41)34(4,5)33(42)44-22-27(12-11-15-39-16-13-26(36)14-17-39)38(9)21-24(2)20-35(32,6)43-10/h23-30,32,40H,11-22H2,1-10H3/t23-,24-,25+,27-,28+,29-,30-,32-,35-/m1/s1. The van der Waals surface area contributed by atoms with Crippen molar-refractivity contribution in [2.45, 2.75) is 129 Å². The number of piperidine rings is 1. The van der Waals surface area contributed by atoms with Crippen LogP contribution in [0.2, 0.25) is 0 Å². The molecule has 0 radical (unpaired) electrons. The first-order chi connectivity index (χ1) is 21.0. The average Bonchev–Trinajstić information content (AvgIpc) is 2.98. The molecule has 9 atom stereocenters. The largest absolute Gasteiger partial charge is 0.463 e. The zero-order valence-electron chi connectivity index (χ0n) is 29.9. The Kier molecular flexibility index (Phi) is 13.9. The number of halogens is 1. The van der Waals surface area contributed by atoms with Crippen LogP contribution >= 0.6 is 0 Å². The molecule has 2 aliphatic heterocycles. The number of cyclic esters (lactones) is 1. The minimum absolute atomic E-state index is 0.0121. The number of likely N-dealkylation sites (N-methyl/N-ethyl adjacent to an activating group) is 2. The number of aliphatic hydroxyl groups excluding tert-OH is 1. The van der Waals surface area contributed by atoms with Gasteiger partial charge in [-0.1, -0.05) is 20.8 Å². The molecule has 10 heteroatoms. The Balaban J connectivity index is 1.86. The Morgan fingerprint density at radius 3 is 2.31 bits per heavy atom. The highest BCUT2D eigenvalue weighted by atomic mass is 19.1. The van der Waals surface area contributed by atoms with Crippen molar-refractivity contribution in [2.24, 2.45) is 23.2 Å². The van der Waals surface area contributed by atoms with Crippen molar-refractivity contribution in [1.29, 1.82) is 0 Å².